The van der Waals surface area contributed by atoms with E-state index in [1.807, 2.05) is 6.07 Å². The van der Waals surface area contributed by atoms with E-state index in [4.69, 9.17) is 0 Å². The Morgan fingerprint density at radius 1 is 1.04 bits per heavy atom. The largest absolute Gasteiger partial charge is 0.346 e. The fourth-order valence-corrected chi connectivity index (χ4v) is 6.65. The number of hydrogen-bond donors (Lipinski definition) is 1. The molecule has 1 spiro atoms. The Morgan fingerprint density at radius 2 is 1.82 bits per heavy atom. The van der Waals surface area contributed by atoms with E-state index in [-0.39, 0.29) is 11.4 Å². The first-order valence-corrected chi connectivity index (χ1v) is 11.2. The number of piperidine rings is 3. The number of thiophene rings is 1. The van der Waals surface area contributed by atoms with Gasteiger partial charge in [-0.1, -0.05) is 48.5 Å². The van der Waals surface area contributed by atoms with Crippen LogP contribution >= 0.6 is 11.3 Å². The molecule has 3 aromatic rings. The zero-order chi connectivity index (χ0) is 18.7. The summed E-state index contributed by atoms with van der Waals surface area (Å²) >= 11 is 1.63. The van der Waals surface area contributed by atoms with Crippen molar-refractivity contribution in [3.05, 3.63) is 59.5 Å². The van der Waals surface area contributed by atoms with Gasteiger partial charge in [-0.05, 0) is 67.3 Å². The number of amides is 1. The summed E-state index contributed by atoms with van der Waals surface area (Å²) in [4.78, 5) is 16.7. The van der Waals surface area contributed by atoms with Gasteiger partial charge < -0.3 is 5.32 Å². The number of carbonyl (C=O) groups excluding carboxylic acids is 1. The number of benzene rings is 2. The van der Waals surface area contributed by atoms with Crippen LogP contribution in [0.3, 0.4) is 0 Å². The molecule has 1 aromatic heterocycles. The quantitative estimate of drug-likeness (QED) is 0.690. The maximum atomic E-state index is 13.2. The summed E-state index contributed by atoms with van der Waals surface area (Å²) in [5, 5.41) is 4.63. The number of hydrogen-bond acceptors (Lipinski definition) is 3. The predicted octanol–water partition coefficient (Wildman–Crippen LogP) is 4.92. The van der Waals surface area contributed by atoms with Crippen molar-refractivity contribution in [1.82, 2.24) is 10.2 Å². The third kappa shape index (κ3) is 2.48. The zero-order valence-electron chi connectivity index (χ0n) is 15.9. The molecule has 3 aliphatic heterocycles. The van der Waals surface area contributed by atoms with Gasteiger partial charge in [0, 0.05) is 10.2 Å². The lowest BCUT2D eigenvalue weighted by Gasteiger charge is -2.52. The Hall–Kier alpha value is -2.17. The van der Waals surface area contributed by atoms with Crippen molar-refractivity contribution in [3.63, 3.8) is 0 Å². The van der Waals surface area contributed by atoms with Gasteiger partial charge in [0.1, 0.15) is 0 Å². The summed E-state index contributed by atoms with van der Waals surface area (Å²) < 4.78 is 1.20. The lowest BCUT2D eigenvalue weighted by Crippen LogP contribution is -2.65. The van der Waals surface area contributed by atoms with E-state index in [0.717, 1.165) is 10.3 Å². The third-order valence-corrected chi connectivity index (χ3v) is 8.30. The van der Waals surface area contributed by atoms with Crippen LogP contribution in [0.2, 0.25) is 0 Å². The van der Waals surface area contributed by atoms with Gasteiger partial charge in [-0.2, -0.15) is 0 Å². The molecule has 2 aromatic carbocycles. The molecular formula is C24H24N2OS. The molecule has 1 atom stereocenters. The van der Waals surface area contributed by atoms with Crippen LogP contribution in [0.5, 0.6) is 0 Å². The second kappa shape index (κ2) is 6.16. The molecular weight excluding hydrogens is 364 g/mol. The van der Waals surface area contributed by atoms with Gasteiger partial charge in [0.05, 0.1) is 10.9 Å². The van der Waals surface area contributed by atoms with Gasteiger partial charge in [0.2, 0.25) is 0 Å². The molecule has 1 aliphatic carbocycles. The van der Waals surface area contributed by atoms with Crippen LogP contribution in [0.4, 0.5) is 0 Å². The van der Waals surface area contributed by atoms with Crippen molar-refractivity contribution >= 4 is 27.3 Å². The van der Waals surface area contributed by atoms with Crippen LogP contribution in [0.1, 0.15) is 35.4 Å². The van der Waals surface area contributed by atoms with Crippen LogP contribution in [0, 0.1) is 5.92 Å². The summed E-state index contributed by atoms with van der Waals surface area (Å²) in [7, 11) is 0. The summed E-state index contributed by atoms with van der Waals surface area (Å²) in [5.41, 5.74) is 2.70. The van der Waals surface area contributed by atoms with Crippen molar-refractivity contribution in [3.8, 4) is 11.1 Å². The zero-order valence-corrected chi connectivity index (χ0v) is 16.7. The molecule has 7 rings (SSSR count). The summed E-state index contributed by atoms with van der Waals surface area (Å²) in [6, 6.07) is 19.2. The van der Waals surface area contributed by atoms with Gasteiger partial charge in [-0.3, -0.25) is 9.69 Å². The van der Waals surface area contributed by atoms with Crippen molar-refractivity contribution < 1.29 is 4.79 Å². The van der Waals surface area contributed by atoms with Crippen molar-refractivity contribution in [2.75, 3.05) is 13.1 Å². The topological polar surface area (TPSA) is 32.3 Å². The molecule has 1 N–H and O–H groups in total. The van der Waals surface area contributed by atoms with Crippen molar-refractivity contribution in [2.45, 2.75) is 37.3 Å². The lowest BCUT2D eigenvalue weighted by atomic mass is 9.77. The Labute approximate surface area is 169 Å². The second-order valence-corrected chi connectivity index (χ2v) is 9.63. The van der Waals surface area contributed by atoms with Gasteiger partial charge in [0.15, 0.2) is 0 Å². The van der Waals surface area contributed by atoms with Gasteiger partial charge in [-0.25, -0.2) is 0 Å². The number of nitrogens with one attached hydrogen (secondary N) is 1. The monoisotopic (exact) mass is 388 g/mol. The maximum Gasteiger partial charge on any atom is 0.261 e. The molecule has 0 unspecified atom stereocenters. The third-order valence-electron chi connectivity index (χ3n) is 7.12. The van der Waals surface area contributed by atoms with E-state index in [1.54, 1.807) is 11.3 Å². The van der Waals surface area contributed by atoms with Crippen molar-refractivity contribution in [2.24, 2.45) is 5.92 Å². The highest BCUT2D eigenvalue weighted by Gasteiger charge is 2.60. The molecule has 1 amide bonds. The van der Waals surface area contributed by atoms with E-state index in [1.165, 1.54) is 54.6 Å². The maximum absolute atomic E-state index is 13.2. The summed E-state index contributed by atoms with van der Waals surface area (Å²) in [5.74, 6) is 0.774. The molecule has 2 bridgehead atoms. The van der Waals surface area contributed by atoms with E-state index >= 15 is 0 Å². The standard InChI is InChI=1S/C24H24N2OS/c27-23(25-22-17-9-13-26(14-10-17)24(22)11-12-24)20-15-18-7-4-8-19(21(18)28-20)16-5-2-1-3-6-16/h1-8,15,17,22H,9-14H2,(H,25,27)/t22-/m0/s1. The number of nitrogens with zero attached hydrogens (tertiary/aromatic N) is 1. The number of carbonyl (C=O) groups is 1. The molecule has 3 nitrogen and oxygen atoms in total. The van der Waals surface area contributed by atoms with Gasteiger partial charge in [0.25, 0.3) is 5.91 Å². The fourth-order valence-electron chi connectivity index (χ4n) is 5.55. The van der Waals surface area contributed by atoms with Crippen LogP contribution in [0.25, 0.3) is 21.2 Å². The van der Waals surface area contributed by atoms with Crippen LogP contribution in [-0.4, -0.2) is 35.5 Å². The predicted molar refractivity (Wildman–Crippen MR) is 115 cm³/mol. The van der Waals surface area contributed by atoms with E-state index < -0.39 is 0 Å². The Morgan fingerprint density at radius 3 is 2.57 bits per heavy atom. The molecule has 4 fully saturated rings. The SMILES string of the molecule is O=C(N[C@H]1C2CCN(CC2)C12CC2)c1cc2cccc(-c3ccccc3)c2s1. The Balaban J connectivity index is 1.32. The molecule has 0 radical (unpaired) electrons. The first-order chi connectivity index (χ1) is 13.7. The average molecular weight is 389 g/mol. The van der Waals surface area contributed by atoms with Crippen molar-refractivity contribution in [1.29, 1.82) is 0 Å². The Bertz CT molecular complexity index is 1040. The minimum absolute atomic E-state index is 0.116. The van der Waals surface area contributed by atoms with E-state index in [0.29, 0.717) is 12.0 Å². The fraction of sp³-hybridized carbons (Fsp3) is 0.375. The van der Waals surface area contributed by atoms with Crippen LogP contribution in [0.15, 0.2) is 54.6 Å². The van der Waals surface area contributed by atoms with Crippen LogP contribution < -0.4 is 5.32 Å². The Kier molecular flexibility index (Phi) is 3.69. The molecule has 1 saturated carbocycles. The normalized spacial score (nSPS) is 27.2. The van der Waals surface area contributed by atoms with Gasteiger partial charge >= 0.3 is 0 Å². The average Bonchev–Trinajstić information content (AvgIpc) is 3.39. The second-order valence-electron chi connectivity index (χ2n) is 8.58. The minimum Gasteiger partial charge on any atom is -0.346 e. The van der Waals surface area contributed by atoms with Crippen LogP contribution in [-0.2, 0) is 0 Å². The number of fused-ring (bicyclic) bond motifs is 3. The molecule has 4 aliphatic rings. The summed E-state index contributed by atoms with van der Waals surface area (Å²) in [6.07, 6.45) is 4.96. The van der Waals surface area contributed by atoms with E-state index in [2.05, 4.69) is 58.7 Å². The number of rotatable bonds is 3. The van der Waals surface area contributed by atoms with Gasteiger partial charge in [-0.15, -0.1) is 11.3 Å². The highest BCUT2D eigenvalue weighted by atomic mass is 32.1. The minimum atomic E-state index is 0.116. The smallest absolute Gasteiger partial charge is 0.261 e. The highest BCUT2D eigenvalue weighted by Crippen LogP contribution is 2.53. The van der Waals surface area contributed by atoms with E-state index in [9.17, 15) is 4.79 Å². The highest BCUT2D eigenvalue weighted by molar-refractivity contribution is 7.21. The first-order valence-electron chi connectivity index (χ1n) is 10.4. The molecule has 142 valence electrons. The lowest BCUT2D eigenvalue weighted by molar-refractivity contribution is -0.00138. The molecule has 28 heavy (non-hydrogen) atoms. The first kappa shape index (κ1) is 16.8. The summed E-state index contributed by atoms with van der Waals surface area (Å²) in [6.45, 7) is 2.45. The molecule has 4 heterocycles. The molecule has 4 heteroatoms. The molecule has 3 saturated heterocycles.